The van der Waals surface area contributed by atoms with Crippen LogP contribution in [0, 0.1) is 0 Å². The van der Waals surface area contributed by atoms with Gasteiger partial charge in [0.25, 0.3) is 11.9 Å². The molecule has 2 aliphatic rings. The van der Waals surface area contributed by atoms with E-state index in [-0.39, 0.29) is 11.9 Å². The zero-order valence-electron chi connectivity index (χ0n) is 15.5. The lowest BCUT2D eigenvalue weighted by atomic mass is 10.00. The van der Waals surface area contributed by atoms with E-state index in [1.165, 1.54) is 0 Å². The number of piperazine rings is 1. The summed E-state index contributed by atoms with van der Waals surface area (Å²) in [6.07, 6.45) is 0.752. The number of ether oxygens (including phenoxy) is 1. The third-order valence-corrected chi connectivity index (χ3v) is 5.29. The van der Waals surface area contributed by atoms with Crippen LogP contribution in [0.15, 0.2) is 46.9 Å². The molecule has 144 valence electrons. The van der Waals surface area contributed by atoms with Crippen molar-refractivity contribution in [2.24, 2.45) is 0 Å². The first-order chi connectivity index (χ1) is 13.8. The van der Waals surface area contributed by atoms with Gasteiger partial charge in [-0.1, -0.05) is 18.2 Å². The van der Waals surface area contributed by atoms with E-state index in [2.05, 4.69) is 20.5 Å². The molecule has 1 aromatic heterocycles. The van der Waals surface area contributed by atoms with Crippen molar-refractivity contribution in [2.45, 2.75) is 12.5 Å². The quantitative estimate of drug-likeness (QED) is 0.729. The van der Waals surface area contributed by atoms with Crippen LogP contribution in [0.3, 0.4) is 0 Å². The fourth-order valence-electron chi connectivity index (χ4n) is 3.78. The number of para-hydroxylation sites is 1. The molecule has 3 aromatic rings. The summed E-state index contributed by atoms with van der Waals surface area (Å²) in [7, 11) is 0. The SMILES string of the molecule is O=C(N[C@H]1CCOc2ccccc21)c1ccc2oc(N3CCNCC3)nc2c1. The van der Waals surface area contributed by atoms with E-state index in [9.17, 15) is 4.79 Å². The van der Waals surface area contributed by atoms with Crippen molar-refractivity contribution in [3.05, 3.63) is 53.6 Å². The highest BCUT2D eigenvalue weighted by molar-refractivity contribution is 5.97. The molecule has 5 rings (SSSR count). The summed E-state index contributed by atoms with van der Waals surface area (Å²) in [6.45, 7) is 4.16. The second-order valence-electron chi connectivity index (χ2n) is 7.12. The first-order valence-electron chi connectivity index (χ1n) is 9.67. The van der Waals surface area contributed by atoms with Crippen LogP contribution in [0.1, 0.15) is 28.4 Å². The van der Waals surface area contributed by atoms with Crippen LogP contribution < -0.4 is 20.3 Å². The molecule has 0 radical (unpaired) electrons. The van der Waals surface area contributed by atoms with Crippen molar-refractivity contribution in [1.82, 2.24) is 15.6 Å². The Kier molecular flexibility index (Phi) is 4.37. The van der Waals surface area contributed by atoms with E-state index in [0.717, 1.165) is 43.9 Å². The standard InChI is InChI=1S/C21H22N4O3/c26-20(23-16-7-12-27-18-4-2-1-3-15(16)18)14-5-6-19-17(13-14)24-21(28-19)25-10-8-22-9-11-25/h1-6,13,16,22H,7-12H2,(H,23,26)/t16-/m0/s1. The Bertz CT molecular complexity index is 1010. The fraction of sp³-hybridized carbons (Fsp3) is 0.333. The third kappa shape index (κ3) is 3.18. The number of rotatable bonds is 3. The minimum absolute atomic E-state index is 0.0538. The Morgan fingerprint density at radius 1 is 1.18 bits per heavy atom. The summed E-state index contributed by atoms with van der Waals surface area (Å²) in [5, 5.41) is 6.45. The Morgan fingerprint density at radius 3 is 2.93 bits per heavy atom. The monoisotopic (exact) mass is 378 g/mol. The van der Waals surface area contributed by atoms with E-state index >= 15 is 0 Å². The van der Waals surface area contributed by atoms with Gasteiger partial charge in [0.05, 0.1) is 12.6 Å². The maximum absolute atomic E-state index is 12.8. The number of hydrogen-bond acceptors (Lipinski definition) is 6. The average Bonchev–Trinajstić information content (AvgIpc) is 3.18. The first-order valence-corrected chi connectivity index (χ1v) is 9.67. The molecule has 0 bridgehead atoms. The Morgan fingerprint density at radius 2 is 2.04 bits per heavy atom. The van der Waals surface area contributed by atoms with Crippen LogP contribution in [0.2, 0.25) is 0 Å². The van der Waals surface area contributed by atoms with E-state index in [1.807, 2.05) is 30.3 Å². The van der Waals surface area contributed by atoms with Crippen molar-refractivity contribution in [3.63, 3.8) is 0 Å². The molecule has 2 aliphatic heterocycles. The number of carbonyl (C=O) groups excluding carboxylic acids is 1. The molecule has 0 unspecified atom stereocenters. The van der Waals surface area contributed by atoms with Crippen LogP contribution in [0.25, 0.3) is 11.1 Å². The Hall–Kier alpha value is -3.06. The van der Waals surface area contributed by atoms with Gasteiger partial charge in [0, 0.05) is 43.7 Å². The minimum atomic E-state index is -0.115. The number of fused-ring (bicyclic) bond motifs is 2. The van der Waals surface area contributed by atoms with Crippen molar-refractivity contribution in [1.29, 1.82) is 0 Å². The van der Waals surface area contributed by atoms with Gasteiger partial charge in [0.15, 0.2) is 5.58 Å². The molecule has 2 N–H and O–H groups in total. The van der Waals surface area contributed by atoms with Gasteiger partial charge in [-0.3, -0.25) is 4.79 Å². The predicted molar refractivity (Wildman–Crippen MR) is 106 cm³/mol. The molecule has 1 amide bonds. The van der Waals surface area contributed by atoms with E-state index in [0.29, 0.717) is 29.3 Å². The molecule has 0 saturated carbocycles. The zero-order chi connectivity index (χ0) is 18.9. The number of carbonyl (C=O) groups is 1. The molecule has 1 atom stereocenters. The van der Waals surface area contributed by atoms with Gasteiger partial charge in [0.1, 0.15) is 11.3 Å². The van der Waals surface area contributed by atoms with Crippen molar-refractivity contribution < 1.29 is 13.9 Å². The molecule has 0 spiro atoms. The Labute approximate surface area is 162 Å². The van der Waals surface area contributed by atoms with E-state index in [1.54, 1.807) is 12.1 Å². The lowest BCUT2D eigenvalue weighted by Crippen LogP contribution is -2.43. The lowest BCUT2D eigenvalue weighted by Gasteiger charge is -2.26. The van der Waals surface area contributed by atoms with Gasteiger partial charge in [-0.2, -0.15) is 4.98 Å². The average molecular weight is 378 g/mol. The van der Waals surface area contributed by atoms with Crippen LogP contribution in [0.5, 0.6) is 5.75 Å². The third-order valence-electron chi connectivity index (χ3n) is 5.29. The number of nitrogens with one attached hydrogen (secondary N) is 2. The summed E-state index contributed by atoms with van der Waals surface area (Å²) in [5.74, 6) is 0.724. The number of anilines is 1. The normalized spacial score (nSPS) is 19.1. The van der Waals surface area contributed by atoms with Gasteiger partial charge < -0.3 is 24.7 Å². The topological polar surface area (TPSA) is 79.6 Å². The molecule has 7 heteroatoms. The minimum Gasteiger partial charge on any atom is -0.493 e. The number of hydrogen-bond donors (Lipinski definition) is 2. The van der Waals surface area contributed by atoms with E-state index in [4.69, 9.17) is 9.15 Å². The number of nitrogens with zero attached hydrogens (tertiary/aromatic N) is 2. The van der Waals surface area contributed by atoms with Crippen LogP contribution in [-0.4, -0.2) is 43.7 Å². The number of benzene rings is 2. The Balaban J connectivity index is 1.36. The molecule has 1 fully saturated rings. The fourth-order valence-corrected chi connectivity index (χ4v) is 3.78. The number of amides is 1. The summed E-state index contributed by atoms with van der Waals surface area (Å²) in [5.41, 5.74) is 3.00. The predicted octanol–water partition coefficient (Wildman–Crippen LogP) is 2.49. The van der Waals surface area contributed by atoms with Crippen LogP contribution in [-0.2, 0) is 0 Å². The summed E-state index contributed by atoms with van der Waals surface area (Å²) < 4.78 is 11.6. The van der Waals surface area contributed by atoms with E-state index < -0.39 is 0 Å². The van der Waals surface area contributed by atoms with Gasteiger partial charge in [0.2, 0.25) is 0 Å². The van der Waals surface area contributed by atoms with Crippen molar-refractivity contribution in [3.8, 4) is 5.75 Å². The summed E-state index contributed by atoms with van der Waals surface area (Å²) in [4.78, 5) is 19.6. The second kappa shape index (κ2) is 7.16. The smallest absolute Gasteiger partial charge is 0.298 e. The second-order valence-corrected chi connectivity index (χ2v) is 7.12. The molecule has 7 nitrogen and oxygen atoms in total. The maximum Gasteiger partial charge on any atom is 0.298 e. The molecule has 3 heterocycles. The summed E-state index contributed by atoms with van der Waals surface area (Å²) in [6, 6.07) is 13.8. The lowest BCUT2D eigenvalue weighted by molar-refractivity contribution is 0.0925. The van der Waals surface area contributed by atoms with Gasteiger partial charge in [-0.05, 0) is 24.3 Å². The van der Waals surface area contributed by atoms with Gasteiger partial charge in [-0.15, -0.1) is 0 Å². The highest BCUT2D eigenvalue weighted by Gasteiger charge is 2.23. The first kappa shape index (κ1) is 17.1. The van der Waals surface area contributed by atoms with Crippen molar-refractivity contribution >= 4 is 23.0 Å². The summed E-state index contributed by atoms with van der Waals surface area (Å²) >= 11 is 0. The molecular formula is C21H22N4O3. The van der Waals surface area contributed by atoms with Gasteiger partial charge >= 0.3 is 0 Å². The largest absolute Gasteiger partial charge is 0.493 e. The van der Waals surface area contributed by atoms with Crippen LogP contribution in [0.4, 0.5) is 6.01 Å². The van der Waals surface area contributed by atoms with Gasteiger partial charge in [-0.25, -0.2) is 0 Å². The number of aromatic nitrogens is 1. The zero-order valence-corrected chi connectivity index (χ0v) is 15.5. The molecular weight excluding hydrogens is 356 g/mol. The van der Waals surface area contributed by atoms with Crippen molar-refractivity contribution in [2.75, 3.05) is 37.7 Å². The number of oxazole rings is 1. The molecule has 2 aromatic carbocycles. The maximum atomic E-state index is 12.8. The molecule has 1 saturated heterocycles. The van der Waals surface area contributed by atoms with Crippen LogP contribution >= 0.6 is 0 Å². The highest BCUT2D eigenvalue weighted by atomic mass is 16.5. The molecule has 0 aliphatic carbocycles. The highest BCUT2D eigenvalue weighted by Crippen LogP contribution is 2.32. The molecule has 28 heavy (non-hydrogen) atoms.